The number of hydrogen-bond acceptors (Lipinski definition) is 2. The highest BCUT2D eigenvalue weighted by Crippen LogP contribution is 2.39. The monoisotopic (exact) mass is 274 g/mol. The lowest BCUT2D eigenvalue weighted by Crippen LogP contribution is -2.28. The molecular formula is C16H22N2S. The van der Waals surface area contributed by atoms with Crippen molar-refractivity contribution in [3.05, 3.63) is 30.5 Å². The first-order valence-corrected chi connectivity index (χ1v) is 7.93. The van der Waals surface area contributed by atoms with E-state index in [1.54, 1.807) is 0 Å². The molecule has 1 atom stereocenters. The summed E-state index contributed by atoms with van der Waals surface area (Å²) in [6, 6.07) is 9.70. The first-order chi connectivity index (χ1) is 9.13. The molecule has 1 heterocycles. The van der Waals surface area contributed by atoms with Gasteiger partial charge in [-0.1, -0.05) is 0 Å². The maximum atomic E-state index is 2.37. The molecule has 1 fully saturated rings. The zero-order valence-electron chi connectivity index (χ0n) is 12.0. The van der Waals surface area contributed by atoms with Gasteiger partial charge in [-0.15, -0.1) is 11.8 Å². The Balaban J connectivity index is 1.82. The van der Waals surface area contributed by atoms with Crippen LogP contribution in [0, 0.1) is 0 Å². The van der Waals surface area contributed by atoms with Crippen molar-refractivity contribution >= 4 is 22.7 Å². The molecule has 0 saturated heterocycles. The minimum absolute atomic E-state index is 0.552. The second-order valence-corrected chi connectivity index (χ2v) is 7.19. The van der Waals surface area contributed by atoms with E-state index in [4.69, 9.17) is 0 Å². The molecule has 19 heavy (non-hydrogen) atoms. The zero-order valence-corrected chi connectivity index (χ0v) is 12.8. The van der Waals surface area contributed by atoms with Gasteiger partial charge in [0.25, 0.3) is 0 Å². The third-order valence-electron chi connectivity index (χ3n) is 3.91. The predicted octanol–water partition coefficient (Wildman–Crippen LogP) is 3.85. The minimum atomic E-state index is 0.552. The Kier molecular flexibility index (Phi) is 3.59. The van der Waals surface area contributed by atoms with E-state index < -0.39 is 0 Å². The summed E-state index contributed by atoms with van der Waals surface area (Å²) in [4.78, 5) is 3.69. The fourth-order valence-corrected chi connectivity index (χ4v) is 3.34. The quantitative estimate of drug-likeness (QED) is 0.818. The van der Waals surface area contributed by atoms with Crippen molar-refractivity contribution in [2.24, 2.45) is 0 Å². The summed E-state index contributed by atoms with van der Waals surface area (Å²) in [5, 5.41) is 2.25. The second kappa shape index (κ2) is 5.22. The first-order valence-electron chi connectivity index (χ1n) is 7.05. The molecule has 1 aliphatic carbocycles. The van der Waals surface area contributed by atoms with Gasteiger partial charge in [-0.3, -0.25) is 0 Å². The van der Waals surface area contributed by atoms with Crippen LogP contribution in [-0.2, 0) is 6.54 Å². The first kappa shape index (κ1) is 13.1. The van der Waals surface area contributed by atoms with E-state index in [2.05, 4.69) is 60.9 Å². The van der Waals surface area contributed by atoms with Crippen molar-refractivity contribution in [1.29, 1.82) is 0 Å². The predicted molar refractivity (Wildman–Crippen MR) is 84.0 cm³/mol. The number of benzene rings is 1. The van der Waals surface area contributed by atoms with E-state index in [-0.39, 0.29) is 0 Å². The largest absolute Gasteiger partial charge is 0.346 e. The van der Waals surface area contributed by atoms with Crippen molar-refractivity contribution in [3.8, 4) is 0 Å². The molecular weight excluding hydrogens is 252 g/mol. The molecule has 102 valence electrons. The summed E-state index contributed by atoms with van der Waals surface area (Å²) in [6.45, 7) is 3.31. The summed E-state index contributed by atoms with van der Waals surface area (Å²) in [7, 11) is 4.28. The van der Waals surface area contributed by atoms with E-state index in [0.717, 1.165) is 11.8 Å². The van der Waals surface area contributed by atoms with Gasteiger partial charge in [0.1, 0.15) is 0 Å². The SMILES string of the molecule is C[C@H](Cn1ccc2cc(SC3CC3)ccc21)N(C)C. The molecule has 1 aromatic carbocycles. The van der Waals surface area contributed by atoms with Gasteiger partial charge in [-0.05, 0) is 58.1 Å². The maximum absolute atomic E-state index is 2.37. The number of aromatic nitrogens is 1. The van der Waals surface area contributed by atoms with Crippen LogP contribution >= 0.6 is 11.8 Å². The normalized spacial score (nSPS) is 17.3. The van der Waals surface area contributed by atoms with Gasteiger partial charge in [-0.25, -0.2) is 0 Å². The molecule has 1 saturated carbocycles. The number of likely N-dealkylation sites (N-methyl/N-ethyl adjacent to an activating group) is 1. The molecule has 0 N–H and O–H groups in total. The van der Waals surface area contributed by atoms with Gasteiger partial charge in [0.2, 0.25) is 0 Å². The molecule has 1 aliphatic rings. The van der Waals surface area contributed by atoms with Crippen molar-refractivity contribution in [3.63, 3.8) is 0 Å². The zero-order chi connectivity index (χ0) is 13.4. The lowest BCUT2D eigenvalue weighted by atomic mass is 10.2. The van der Waals surface area contributed by atoms with Crippen molar-refractivity contribution in [1.82, 2.24) is 9.47 Å². The van der Waals surface area contributed by atoms with Crippen LogP contribution in [0.1, 0.15) is 19.8 Å². The van der Waals surface area contributed by atoms with Gasteiger partial charge in [-0.2, -0.15) is 0 Å². The van der Waals surface area contributed by atoms with Crippen molar-refractivity contribution in [2.75, 3.05) is 14.1 Å². The number of thioether (sulfide) groups is 1. The topological polar surface area (TPSA) is 8.17 Å². The molecule has 0 unspecified atom stereocenters. The lowest BCUT2D eigenvalue weighted by molar-refractivity contribution is 0.286. The second-order valence-electron chi connectivity index (χ2n) is 5.82. The lowest BCUT2D eigenvalue weighted by Gasteiger charge is -2.20. The number of rotatable bonds is 5. The van der Waals surface area contributed by atoms with Crippen LogP contribution in [0.15, 0.2) is 35.4 Å². The van der Waals surface area contributed by atoms with E-state index in [1.807, 2.05) is 11.8 Å². The van der Waals surface area contributed by atoms with Crippen LogP contribution in [-0.4, -0.2) is 34.9 Å². The van der Waals surface area contributed by atoms with Crippen LogP contribution in [0.2, 0.25) is 0 Å². The third kappa shape index (κ3) is 2.98. The number of hydrogen-bond donors (Lipinski definition) is 0. The summed E-state index contributed by atoms with van der Waals surface area (Å²) in [5.74, 6) is 0. The van der Waals surface area contributed by atoms with E-state index in [1.165, 1.54) is 28.6 Å². The number of nitrogens with zero attached hydrogens (tertiary/aromatic N) is 2. The average Bonchev–Trinajstić information content (AvgIpc) is 3.10. The Morgan fingerprint density at radius 1 is 1.32 bits per heavy atom. The Morgan fingerprint density at radius 3 is 2.79 bits per heavy atom. The van der Waals surface area contributed by atoms with E-state index >= 15 is 0 Å². The Hall–Kier alpha value is -0.930. The molecule has 2 nitrogen and oxygen atoms in total. The van der Waals surface area contributed by atoms with Crippen LogP contribution in [0.3, 0.4) is 0 Å². The van der Waals surface area contributed by atoms with E-state index in [9.17, 15) is 0 Å². The van der Waals surface area contributed by atoms with Crippen LogP contribution in [0.25, 0.3) is 10.9 Å². The number of fused-ring (bicyclic) bond motifs is 1. The highest BCUT2D eigenvalue weighted by molar-refractivity contribution is 8.00. The third-order valence-corrected chi connectivity index (χ3v) is 5.24. The summed E-state index contributed by atoms with van der Waals surface area (Å²) >= 11 is 2.03. The van der Waals surface area contributed by atoms with Crippen LogP contribution in [0.5, 0.6) is 0 Å². The fraction of sp³-hybridized carbons (Fsp3) is 0.500. The standard InChI is InChI=1S/C16H22N2S/c1-12(17(2)3)11-18-9-8-13-10-15(6-7-16(13)18)19-14-4-5-14/h6-10,12,14H,4-5,11H2,1-3H3/t12-/m1/s1. The fourth-order valence-electron chi connectivity index (χ4n) is 2.24. The highest BCUT2D eigenvalue weighted by Gasteiger charge is 2.22. The molecule has 0 amide bonds. The molecule has 2 aromatic rings. The molecule has 0 radical (unpaired) electrons. The Labute approximate surface area is 119 Å². The van der Waals surface area contributed by atoms with Crippen LogP contribution in [0.4, 0.5) is 0 Å². The Morgan fingerprint density at radius 2 is 2.11 bits per heavy atom. The smallest absolute Gasteiger partial charge is 0.0481 e. The van der Waals surface area contributed by atoms with Gasteiger partial charge in [0.15, 0.2) is 0 Å². The molecule has 3 rings (SSSR count). The molecule has 0 spiro atoms. The molecule has 1 aromatic heterocycles. The van der Waals surface area contributed by atoms with Gasteiger partial charge < -0.3 is 9.47 Å². The average molecular weight is 274 g/mol. The summed E-state index contributed by atoms with van der Waals surface area (Å²) in [6.07, 6.45) is 5.00. The Bertz CT molecular complexity index is 569. The highest BCUT2D eigenvalue weighted by atomic mass is 32.2. The summed E-state index contributed by atoms with van der Waals surface area (Å²) < 4.78 is 2.37. The molecule has 3 heteroatoms. The summed E-state index contributed by atoms with van der Waals surface area (Å²) in [5.41, 5.74) is 1.36. The van der Waals surface area contributed by atoms with Gasteiger partial charge in [0, 0.05) is 39.8 Å². The minimum Gasteiger partial charge on any atom is -0.346 e. The molecule has 0 aliphatic heterocycles. The van der Waals surface area contributed by atoms with Gasteiger partial charge >= 0.3 is 0 Å². The van der Waals surface area contributed by atoms with Crippen molar-refractivity contribution < 1.29 is 0 Å². The van der Waals surface area contributed by atoms with Crippen molar-refractivity contribution in [2.45, 2.75) is 42.5 Å². The maximum Gasteiger partial charge on any atom is 0.0481 e. The van der Waals surface area contributed by atoms with E-state index in [0.29, 0.717) is 6.04 Å². The molecule has 0 bridgehead atoms. The van der Waals surface area contributed by atoms with Crippen LogP contribution < -0.4 is 0 Å². The van der Waals surface area contributed by atoms with Gasteiger partial charge in [0.05, 0.1) is 0 Å².